The Labute approximate surface area is 280 Å². The van der Waals surface area contributed by atoms with Crippen LogP contribution in [0.25, 0.3) is 0 Å². The normalized spacial score (nSPS) is 11.3. The molecule has 0 unspecified atom stereocenters. The second-order valence-electron chi connectivity index (χ2n) is 12.8. The number of carbonyl (C=O) groups is 1. The van der Waals surface area contributed by atoms with E-state index in [1.165, 1.54) is 153 Å². The number of carbonyl (C=O) groups excluding carboxylic acids is 1. The van der Waals surface area contributed by atoms with E-state index in [2.05, 4.69) is 13.8 Å². The van der Waals surface area contributed by atoms with E-state index in [1.54, 1.807) is 0 Å². The van der Waals surface area contributed by atoms with Crippen LogP contribution in [0.1, 0.15) is 168 Å². The molecule has 0 N–H and O–H groups in total. The fourth-order valence-corrected chi connectivity index (χ4v) is 5.53. The first-order chi connectivity index (χ1) is 22.6. The SMILES string of the molecule is CCCCCCCCCCCCCCOCC(COCCCCCCCCCCCCCC)OC(=O)Oc1ccc([N+](=O)[O-])cc1. The Morgan fingerprint density at radius 1 is 0.587 bits per heavy atom. The van der Waals surface area contributed by atoms with Crippen LogP contribution in [0.2, 0.25) is 0 Å². The van der Waals surface area contributed by atoms with Crippen molar-refractivity contribution >= 4 is 11.8 Å². The summed E-state index contributed by atoms with van der Waals surface area (Å²) < 4.78 is 22.5. The first-order valence-corrected chi connectivity index (χ1v) is 18.8. The summed E-state index contributed by atoms with van der Waals surface area (Å²) in [6.07, 6.45) is 29.5. The summed E-state index contributed by atoms with van der Waals surface area (Å²) in [5.74, 6) is 0.184. The summed E-state index contributed by atoms with van der Waals surface area (Å²) in [5.41, 5.74) is -0.0731. The van der Waals surface area contributed by atoms with Gasteiger partial charge in [-0.1, -0.05) is 155 Å². The Bertz CT molecular complexity index is 801. The number of rotatable bonds is 33. The predicted molar refractivity (Wildman–Crippen MR) is 188 cm³/mol. The number of unbranched alkanes of at least 4 members (excludes halogenated alkanes) is 22. The van der Waals surface area contributed by atoms with Gasteiger partial charge in [-0.3, -0.25) is 10.1 Å². The summed E-state index contributed by atoms with van der Waals surface area (Å²) in [5, 5.41) is 10.9. The van der Waals surface area contributed by atoms with Crippen LogP contribution < -0.4 is 4.74 Å². The Morgan fingerprint density at radius 2 is 0.935 bits per heavy atom. The number of nitrogens with zero attached hydrogens (tertiary/aromatic N) is 1. The van der Waals surface area contributed by atoms with E-state index in [-0.39, 0.29) is 24.7 Å². The molecule has 0 aliphatic rings. The van der Waals surface area contributed by atoms with E-state index < -0.39 is 17.2 Å². The number of benzene rings is 1. The smallest absolute Gasteiger partial charge is 0.426 e. The van der Waals surface area contributed by atoms with Crippen LogP contribution >= 0.6 is 0 Å². The van der Waals surface area contributed by atoms with Gasteiger partial charge in [-0.05, 0) is 25.0 Å². The largest absolute Gasteiger partial charge is 0.514 e. The van der Waals surface area contributed by atoms with Crippen molar-refractivity contribution in [3.8, 4) is 5.75 Å². The van der Waals surface area contributed by atoms with Gasteiger partial charge in [0.2, 0.25) is 0 Å². The summed E-state index contributed by atoms with van der Waals surface area (Å²) in [6.45, 7) is 6.24. The van der Waals surface area contributed by atoms with Crippen molar-refractivity contribution in [2.24, 2.45) is 0 Å². The molecule has 0 heterocycles. The third-order valence-electron chi connectivity index (χ3n) is 8.40. The average molecular weight is 650 g/mol. The molecule has 0 amide bonds. The highest BCUT2D eigenvalue weighted by Gasteiger charge is 2.18. The van der Waals surface area contributed by atoms with Crippen molar-refractivity contribution in [3.63, 3.8) is 0 Å². The van der Waals surface area contributed by atoms with E-state index >= 15 is 0 Å². The van der Waals surface area contributed by atoms with Gasteiger partial charge in [-0.25, -0.2) is 4.79 Å². The zero-order valence-corrected chi connectivity index (χ0v) is 29.5. The van der Waals surface area contributed by atoms with E-state index in [0.29, 0.717) is 13.2 Å². The summed E-state index contributed by atoms with van der Waals surface area (Å²) in [4.78, 5) is 22.8. The zero-order chi connectivity index (χ0) is 33.3. The Morgan fingerprint density at radius 3 is 1.28 bits per heavy atom. The van der Waals surface area contributed by atoms with Crippen molar-refractivity contribution in [1.29, 1.82) is 0 Å². The van der Waals surface area contributed by atoms with Gasteiger partial charge < -0.3 is 18.9 Å². The second-order valence-corrected chi connectivity index (χ2v) is 12.8. The molecule has 266 valence electrons. The molecule has 0 spiro atoms. The monoisotopic (exact) mass is 649 g/mol. The Hall–Kier alpha value is -2.19. The molecule has 1 aromatic carbocycles. The van der Waals surface area contributed by atoms with Gasteiger partial charge in [0.1, 0.15) is 5.75 Å². The van der Waals surface area contributed by atoms with Crippen LogP contribution in [0.15, 0.2) is 24.3 Å². The third-order valence-corrected chi connectivity index (χ3v) is 8.40. The number of hydrogen-bond acceptors (Lipinski definition) is 7. The molecule has 0 aromatic heterocycles. The minimum absolute atomic E-state index is 0.0731. The van der Waals surface area contributed by atoms with E-state index in [0.717, 1.165) is 25.7 Å². The number of ether oxygens (including phenoxy) is 4. The van der Waals surface area contributed by atoms with Gasteiger partial charge in [-0.2, -0.15) is 0 Å². The Kier molecular flexibility index (Phi) is 28.6. The summed E-state index contributed by atoms with van der Waals surface area (Å²) in [7, 11) is 0. The second kappa shape index (κ2) is 31.4. The predicted octanol–water partition coefficient (Wildman–Crippen LogP) is 11.9. The molecule has 0 radical (unpaired) electrons. The van der Waals surface area contributed by atoms with Crippen molar-refractivity contribution in [2.45, 2.75) is 174 Å². The standard InChI is InChI=1S/C38H67NO7/c1-3-5-7-9-11-13-15-17-19-21-23-25-31-43-33-37(46-38(40)45-36-29-27-35(28-30-36)39(41)42)34-44-32-26-24-22-20-18-16-14-12-10-8-6-4-2/h27-30,37H,3-26,31-34H2,1-2H3. The van der Waals surface area contributed by atoms with Gasteiger partial charge in [0.05, 0.1) is 18.1 Å². The van der Waals surface area contributed by atoms with Gasteiger partial charge in [0, 0.05) is 25.3 Å². The number of non-ortho nitro benzene ring substituents is 1. The highest BCUT2D eigenvalue weighted by atomic mass is 16.7. The van der Waals surface area contributed by atoms with Crippen molar-refractivity contribution in [1.82, 2.24) is 0 Å². The van der Waals surface area contributed by atoms with Crippen LogP contribution in [0.5, 0.6) is 5.75 Å². The molecule has 0 atom stereocenters. The van der Waals surface area contributed by atoms with Crippen LogP contribution in [-0.2, 0) is 14.2 Å². The lowest BCUT2D eigenvalue weighted by Gasteiger charge is -2.18. The molecule has 46 heavy (non-hydrogen) atoms. The fourth-order valence-electron chi connectivity index (χ4n) is 5.53. The minimum atomic E-state index is -0.873. The molecule has 0 fully saturated rings. The quantitative estimate of drug-likeness (QED) is 0.0246. The molecule has 0 aliphatic carbocycles. The zero-order valence-electron chi connectivity index (χ0n) is 29.5. The maximum absolute atomic E-state index is 12.4. The highest BCUT2D eigenvalue weighted by Crippen LogP contribution is 2.18. The van der Waals surface area contributed by atoms with E-state index in [1.807, 2.05) is 0 Å². The van der Waals surface area contributed by atoms with Crippen molar-refractivity contribution in [2.75, 3.05) is 26.4 Å². The maximum Gasteiger partial charge on any atom is 0.514 e. The molecular formula is C38H67NO7. The first kappa shape index (κ1) is 41.8. The van der Waals surface area contributed by atoms with Gasteiger partial charge in [0.25, 0.3) is 5.69 Å². The molecule has 1 aromatic rings. The van der Waals surface area contributed by atoms with Crippen LogP contribution in [0.3, 0.4) is 0 Å². The number of hydrogen-bond donors (Lipinski definition) is 0. The first-order valence-electron chi connectivity index (χ1n) is 18.8. The molecule has 0 bridgehead atoms. The topological polar surface area (TPSA) is 97.1 Å². The van der Waals surface area contributed by atoms with Crippen molar-refractivity contribution < 1.29 is 28.7 Å². The van der Waals surface area contributed by atoms with Gasteiger partial charge in [-0.15, -0.1) is 0 Å². The van der Waals surface area contributed by atoms with Crippen LogP contribution in [-0.4, -0.2) is 43.6 Å². The summed E-state index contributed by atoms with van der Waals surface area (Å²) >= 11 is 0. The van der Waals surface area contributed by atoms with Gasteiger partial charge in [0.15, 0.2) is 6.10 Å². The Balaban J connectivity index is 2.24. The molecule has 0 saturated carbocycles. The molecule has 8 heteroatoms. The van der Waals surface area contributed by atoms with Gasteiger partial charge >= 0.3 is 6.16 Å². The molecule has 8 nitrogen and oxygen atoms in total. The van der Waals surface area contributed by atoms with Crippen LogP contribution in [0.4, 0.5) is 10.5 Å². The number of nitro benzene ring substituents is 1. The highest BCUT2D eigenvalue weighted by molar-refractivity contribution is 5.64. The lowest BCUT2D eigenvalue weighted by Crippen LogP contribution is -2.30. The summed E-state index contributed by atoms with van der Waals surface area (Å²) in [6, 6.07) is 5.33. The fraction of sp³-hybridized carbons (Fsp3) is 0.816. The average Bonchev–Trinajstić information content (AvgIpc) is 3.05. The lowest BCUT2D eigenvalue weighted by molar-refractivity contribution is -0.384. The molecule has 0 saturated heterocycles. The number of nitro groups is 1. The van der Waals surface area contributed by atoms with Crippen LogP contribution in [0, 0.1) is 10.1 Å². The molecule has 1 rings (SSSR count). The molecular weight excluding hydrogens is 582 g/mol. The van der Waals surface area contributed by atoms with E-state index in [4.69, 9.17) is 18.9 Å². The van der Waals surface area contributed by atoms with E-state index in [9.17, 15) is 14.9 Å². The maximum atomic E-state index is 12.4. The molecule has 0 aliphatic heterocycles. The minimum Gasteiger partial charge on any atom is -0.426 e. The third kappa shape index (κ3) is 25.9. The lowest BCUT2D eigenvalue weighted by atomic mass is 10.1. The van der Waals surface area contributed by atoms with Crippen molar-refractivity contribution in [3.05, 3.63) is 34.4 Å².